The quantitative estimate of drug-likeness (QED) is 0.373. The molecule has 2 aliphatic rings. The summed E-state index contributed by atoms with van der Waals surface area (Å²) in [5.74, 6) is -0.232. The molecule has 8 nitrogen and oxygen atoms in total. The molecule has 6 rings (SSSR count). The predicted octanol–water partition coefficient (Wildman–Crippen LogP) is 4.10. The maximum atomic E-state index is 14.1. The fourth-order valence-electron chi connectivity index (χ4n) is 5.78. The van der Waals surface area contributed by atoms with E-state index in [2.05, 4.69) is 37.3 Å². The Morgan fingerprint density at radius 2 is 1.97 bits per heavy atom. The lowest BCUT2D eigenvalue weighted by Gasteiger charge is -2.39. The van der Waals surface area contributed by atoms with Crippen LogP contribution in [0.1, 0.15) is 54.2 Å². The van der Waals surface area contributed by atoms with Crippen LogP contribution in [0.5, 0.6) is 0 Å². The summed E-state index contributed by atoms with van der Waals surface area (Å²) in [6, 6.07) is 9.61. The first-order valence-electron chi connectivity index (χ1n) is 13.6. The van der Waals surface area contributed by atoms with Crippen LogP contribution >= 0.6 is 0 Å². The second kappa shape index (κ2) is 10.1. The molecule has 0 radical (unpaired) electrons. The van der Waals surface area contributed by atoms with Crippen molar-refractivity contribution in [2.75, 3.05) is 18.0 Å². The third-order valence-electron chi connectivity index (χ3n) is 8.11. The Morgan fingerprint density at radius 1 is 1.13 bits per heavy atom. The highest BCUT2D eigenvalue weighted by atomic mass is 19.1. The van der Waals surface area contributed by atoms with Gasteiger partial charge in [0, 0.05) is 55.0 Å². The number of anilines is 1. The molecule has 0 aromatic carbocycles. The monoisotopic (exact) mass is 527 g/mol. The number of piperidine rings is 1. The molecule has 4 aromatic rings. The first-order valence-corrected chi connectivity index (χ1v) is 13.6. The number of nitrogens with one attached hydrogen (secondary N) is 1. The Labute approximate surface area is 227 Å². The van der Waals surface area contributed by atoms with Gasteiger partial charge < -0.3 is 20.5 Å². The van der Waals surface area contributed by atoms with Gasteiger partial charge in [0.25, 0.3) is 0 Å². The highest BCUT2D eigenvalue weighted by molar-refractivity contribution is 5.76. The van der Waals surface area contributed by atoms with E-state index in [9.17, 15) is 9.18 Å². The molecule has 2 fully saturated rings. The summed E-state index contributed by atoms with van der Waals surface area (Å²) in [5, 5.41) is 3.97. The van der Waals surface area contributed by atoms with Crippen LogP contribution in [0.25, 0.3) is 11.0 Å². The number of aromatic nitrogens is 4. The van der Waals surface area contributed by atoms with Crippen molar-refractivity contribution in [1.82, 2.24) is 24.8 Å². The van der Waals surface area contributed by atoms with Gasteiger partial charge in [-0.05, 0) is 81.3 Å². The lowest BCUT2D eigenvalue weighted by molar-refractivity contribution is 0.306. The Kier molecular flexibility index (Phi) is 6.64. The van der Waals surface area contributed by atoms with Crippen molar-refractivity contribution < 1.29 is 4.39 Å². The van der Waals surface area contributed by atoms with Crippen LogP contribution in [0.4, 0.5) is 10.1 Å². The third-order valence-corrected chi connectivity index (χ3v) is 8.11. The number of aryl methyl sites for hydroxylation is 2. The molecular weight excluding hydrogens is 493 g/mol. The van der Waals surface area contributed by atoms with Gasteiger partial charge in [-0.2, -0.15) is 0 Å². The van der Waals surface area contributed by atoms with Gasteiger partial charge in [-0.15, -0.1) is 0 Å². The second-order valence-electron chi connectivity index (χ2n) is 11.1. The van der Waals surface area contributed by atoms with E-state index in [1.807, 2.05) is 49.1 Å². The molecule has 2 atom stereocenters. The normalized spacial score (nSPS) is 19.3. The molecule has 9 heteroatoms. The van der Waals surface area contributed by atoms with E-state index in [0.29, 0.717) is 23.7 Å². The molecule has 39 heavy (non-hydrogen) atoms. The fraction of sp³-hybridized carbons (Fsp3) is 0.400. The largest absolute Gasteiger partial charge is 0.370 e. The molecule has 1 unspecified atom stereocenters. The van der Waals surface area contributed by atoms with Crippen molar-refractivity contribution in [2.24, 2.45) is 11.7 Å². The summed E-state index contributed by atoms with van der Waals surface area (Å²) in [4.78, 5) is 29.0. The van der Waals surface area contributed by atoms with Crippen molar-refractivity contribution in [3.05, 3.63) is 93.7 Å². The van der Waals surface area contributed by atoms with E-state index in [0.717, 1.165) is 67.6 Å². The van der Waals surface area contributed by atoms with E-state index in [4.69, 9.17) is 5.73 Å². The number of pyridine rings is 4. The maximum Gasteiger partial charge on any atom is 0.195 e. The van der Waals surface area contributed by atoms with Crippen molar-refractivity contribution in [2.45, 2.75) is 57.8 Å². The number of fused-ring (bicyclic) bond motifs is 1. The second-order valence-corrected chi connectivity index (χ2v) is 11.1. The van der Waals surface area contributed by atoms with Crippen molar-refractivity contribution in [1.29, 1.82) is 0 Å². The first kappa shape index (κ1) is 25.6. The molecule has 1 aliphatic heterocycles. The van der Waals surface area contributed by atoms with Gasteiger partial charge in [0.2, 0.25) is 0 Å². The van der Waals surface area contributed by atoms with Gasteiger partial charge in [0.1, 0.15) is 11.5 Å². The minimum Gasteiger partial charge on any atom is -0.370 e. The average molecular weight is 528 g/mol. The minimum absolute atomic E-state index is 0.00477. The number of nitrogens with two attached hydrogens (primary N) is 1. The highest BCUT2D eigenvalue weighted by Gasteiger charge is 2.41. The topological polar surface area (TPSA) is 102 Å². The Bertz CT molecular complexity index is 1560. The summed E-state index contributed by atoms with van der Waals surface area (Å²) in [7, 11) is 0. The van der Waals surface area contributed by atoms with Crippen LogP contribution in [-0.2, 0) is 12.2 Å². The molecular formula is C30H34FN7O. The fourth-order valence-corrected chi connectivity index (χ4v) is 5.78. The number of rotatable bonds is 7. The van der Waals surface area contributed by atoms with Gasteiger partial charge in [0.15, 0.2) is 5.43 Å². The lowest BCUT2D eigenvalue weighted by Crippen LogP contribution is -2.42. The molecule has 202 valence electrons. The summed E-state index contributed by atoms with van der Waals surface area (Å²) in [6.07, 6.45) is 10.4. The Morgan fingerprint density at radius 3 is 2.72 bits per heavy atom. The number of nitrogens with zero attached hydrogens (tertiary/aromatic N) is 5. The molecule has 0 bridgehead atoms. The number of hydrogen-bond donors (Lipinski definition) is 2. The molecule has 1 saturated heterocycles. The van der Waals surface area contributed by atoms with E-state index < -0.39 is 11.5 Å². The highest BCUT2D eigenvalue weighted by Crippen LogP contribution is 2.39. The van der Waals surface area contributed by atoms with Crippen LogP contribution in [0, 0.1) is 25.6 Å². The zero-order valence-electron chi connectivity index (χ0n) is 22.4. The molecule has 0 amide bonds. The predicted molar refractivity (Wildman–Crippen MR) is 150 cm³/mol. The Hall–Kier alpha value is -3.69. The van der Waals surface area contributed by atoms with Crippen molar-refractivity contribution in [3.8, 4) is 0 Å². The van der Waals surface area contributed by atoms with Crippen LogP contribution in [0.15, 0.2) is 59.9 Å². The van der Waals surface area contributed by atoms with Crippen LogP contribution < -0.4 is 21.4 Å². The maximum absolute atomic E-state index is 14.1. The van der Waals surface area contributed by atoms with Gasteiger partial charge in [-0.3, -0.25) is 14.8 Å². The molecule has 1 aliphatic carbocycles. The van der Waals surface area contributed by atoms with Gasteiger partial charge in [-0.25, -0.2) is 9.37 Å². The van der Waals surface area contributed by atoms with E-state index in [-0.39, 0.29) is 16.9 Å². The zero-order valence-corrected chi connectivity index (χ0v) is 22.4. The zero-order chi connectivity index (χ0) is 27.1. The van der Waals surface area contributed by atoms with Gasteiger partial charge >= 0.3 is 0 Å². The third kappa shape index (κ3) is 5.16. The van der Waals surface area contributed by atoms with E-state index >= 15 is 0 Å². The summed E-state index contributed by atoms with van der Waals surface area (Å²) < 4.78 is 16.0. The van der Waals surface area contributed by atoms with Gasteiger partial charge in [-0.1, -0.05) is 0 Å². The Balaban J connectivity index is 1.33. The molecule has 3 N–H and O–H groups in total. The lowest BCUT2D eigenvalue weighted by atomic mass is 9.86. The minimum atomic E-state index is -0.584. The SMILES string of the molecule is Cc1ccc(N2CCC[C@H](C(NCc3cn(C4(N)CC4)c4ncc(F)cc4c3=O)c3ccnc(C)c3)C2)cn1. The summed E-state index contributed by atoms with van der Waals surface area (Å²) in [5.41, 5.74) is 10.9. The summed E-state index contributed by atoms with van der Waals surface area (Å²) in [6.45, 7) is 6.17. The van der Waals surface area contributed by atoms with Crippen LogP contribution in [0.2, 0.25) is 0 Å². The van der Waals surface area contributed by atoms with E-state index in [1.165, 1.54) is 6.07 Å². The molecule has 5 heterocycles. The number of halogens is 1. The van der Waals surface area contributed by atoms with Crippen molar-refractivity contribution >= 4 is 16.7 Å². The van der Waals surface area contributed by atoms with Gasteiger partial charge in [0.05, 0.1) is 29.1 Å². The summed E-state index contributed by atoms with van der Waals surface area (Å²) >= 11 is 0. The molecule has 1 saturated carbocycles. The molecule has 0 spiro atoms. The number of hydrogen-bond acceptors (Lipinski definition) is 7. The van der Waals surface area contributed by atoms with Crippen molar-refractivity contribution in [3.63, 3.8) is 0 Å². The van der Waals surface area contributed by atoms with Crippen LogP contribution in [-0.4, -0.2) is 32.6 Å². The molecule has 4 aromatic heterocycles. The average Bonchev–Trinajstić information content (AvgIpc) is 3.69. The first-order chi connectivity index (χ1) is 18.8. The van der Waals surface area contributed by atoms with Crippen LogP contribution in [0.3, 0.4) is 0 Å². The standard InChI is InChI=1S/C30H34FN7O/c1-19-5-6-25(16-34-19)37-11-3-4-22(17-37)27(21-7-10-33-20(2)12-21)35-14-23-18-38(30(32)8-9-30)29-26(28(23)39)13-24(31)15-36-29/h5-7,10,12-13,15-16,18,22,27,35H,3-4,8-9,11,14,17,32H2,1-2H3/t22-,27?/m0/s1. The van der Waals surface area contributed by atoms with E-state index in [1.54, 1.807) is 0 Å². The smallest absolute Gasteiger partial charge is 0.195 e.